The number of hydrogen-bond donors (Lipinski definition) is 2. The number of benzene rings is 1. The lowest BCUT2D eigenvalue weighted by molar-refractivity contribution is 0.0857. The van der Waals surface area contributed by atoms with E-state index in [4.69, 9.17) is 5.26 Å². The van der Waals surface area contributed by atoms with Gasteiger partial charge in [0.2, 0.25) is 10.0 Å². The summed E-state index contributed by atoms with van der Waals surface area (Å²) in [6.07, 6.45) is 0. The van der Waals surface area contributed by atoms with Gasteiger partial charge < -0.3 is 5.11 Å². The number of sulfonamides is 1. The molecule has 1 rings (SSSR count). The number of nitriles is 1. The van der Waals surface area contributed by atoms with Gasteiger partial charge in [0.15, 0.2) is 0 Å². The molecule has 0 aliphatic carbocycles. The van der Waals surface area contributed by atoms with Crippen molar-refractivity contribution in [1.29, 1.82) is 5.26 Å². The molecule has 6 heteroatoms. The predicted octanol–water partition coefficient (Wildman–Crippen LogP) is 0.607. The summed E-state index contributed by atoms with van der Waals surface area (Å²) in [5.41, 5.74) is -0.851. The van der Waals surface area contributed by atoms with Gasteiger partial charge in [-0.25, -0.2) is 13.1 Å². The fourth-order valence-electron chi connectivity index (χ4n) is 1.09. The van der Waals surface area contributed by atoms with E-state index in [1.165, 1.54) is 38.1 Å². The number of hydrogen-bond acceptors (Lipinski definition) is 4. The third kappa shape index (κ3) is 4.15. The molecule has 0 aliphatic rings. The molecular formula is C11H14N2O3S. The number of nitrogens with one attached hydrogen (secondary N) is 1. The van der Waals surface area contributed by atoms with Crippen molar-refractivity contribution in [3.8, 4) is 6.07 Å². The largest absolute Gasteiger partial charge is 0.389 e. The third-order valence-electron chi connectivity index (χ3n) is 1.97. The van der Waals surface area contributed by atoms with Crippen molar-refractivity contribution in [3.63, 3.8) is 0 Å². The number of nitrogens with zero attached hydrogens (tertiary/aromatic N) is 1. The average Bonchev–Trinajstić information content (AvgIpc) is 2.26. The highest BCUT2D eigenvalue weighted by molar-refractivity contribution is 7.89. The van der Waals surface area contributed by atoms with E-state index in [-0.39, 0.29) is 17.0 Å². The average molecular weight is 254 g/mol. The predicted molar refractivity (Wildman–Crippen MR) is 62.6 cm³/mol. The van der Waals surface area contributed by atoms with Gasteiger partial charge in [-0.2, -0.15) is 5.26 Å². The Hall–Kier alpha value is -1.42. The molecule has 0 atom stereocenters. The molecule has 0 saturated heterocycles. The standard InChI is InChI=1S/C11H14N2O3S/c1-11(2,14)8-13-17(15,16)10-5-3-4-9(6-10)7-12/h3-6,13-14H,8H2,1-2H3. The van der Waals surface area contributed by atoms with E-state index in [0.29, 0.717) is 0 Å². The highest BCUT2D eigenvalue weighted by Crippen LogP contribution is 2.11. The Morgan fingerprint density at radius 2 is 2.12 bits per heavy atom. The summed E-state index contributed by atoms with van der Waals surface area (Å²) in [6, 6.07) is 7.57. The summed E-state index contributed by atoms with van der Waals surface area (Å²) in [5, 5.41) is 18.1. The van der Waals surface area contributed by atoms with Crippen molar-refractivity contribution < 1.29 is 13.5 Å². The first-order chi connectivity index (χ1) is 7.74. The first-order valence-corrected chi connectivity index (χ1v) is 6.45. The van der Waals surface area contributed by atoms with E-state index >= 15 is 0 Å². The minimum atomic E-state index is -3.69. The number of aliphatic hydroxyl groups is 1. The molecule has 0 aliphatic heterocycles. The second-order valence-corrected chi connectivity index (χ2v) is 6.04. The normalized spacial score (nSPS) is 12.1. The third-order valence-corrected chi connectivity index (χ3v) is 3.37. The molecule has 0 bridgehead atoms. The van der Waals surface area contributed by atoms with Crippen molar-refractivity contribution in [2.24, 2.45) is 0 Å². The fourth-order valence-corrected chi connectivity index (χ4v) is 2.34. The maximum absolute atomic E-state index is 11.8. The van der Waals surface area contributed by atoms with Gasteiger partial charge in [0.05, 0.1) is 22.1 Å². The van der Waals surface area contributed by atoms with Crippen molar-refractivity contribution >= 4 is 10.0 Å². The monoisotopic (exact) mass is 254 g/mol. The summed E-state index contributed by atoms with van der Waals surface area (Å²) in [4.78, 5) is 0.0146. The minimum Gasteiger partial charge on any atom is -0.389 e. The molecule has 0 aromatic heterocycles. The SMILES string of the molecule is CC(C)(O)CNS(=O)(=O)c1cccc(C#N)c1. The zero-order valence-electron chi connectivity index (χ0n) is 9.64. The lowest BCUT2D eigenvalue weighted by Gasteiger charge is -2.17. The molecular weight excluding hydrogens is 240 g/mol. The Morgan fingerprint density at radius 3 is 2.65 bits per heavy atom. The Balaban J connectivity index is 2.94. The van der Waals surface area contributed by atoms with Gasteiger partial charge in [0, 0.05) is 6.54 Å². The molecule has 0 fully saturated rings. The van der Waals surface area contributed by atoms with Crippen molar-refractivity contribution in [2.45, 2.75) is 24.3 Å². The van der Waals surface area contributed by atoms with E-state index in [9.17, 15) is 13.5 Å². The van der Waals surface area contributed by atoms with Crippen LogP contribution in [0.25, 0.3) is 0 Å². The van der Waals surface area contributed by atoms with Crippen molar-refractivity contribution in [3.05, 3.63) is 29.8 Å². The van der Waals surface area contributed by atoms with E-state index < -0.39 is 15.6 Å². The Kier molecular flexibility index (Phi) is 3.88. The summed E-state index contributed by atoms with van der Waals surface area (Å²) in [5.74, 6) is 0. The molecule has 1 aromatic carbocycles. The molecule has 0 amide bonds. The van der Waals surface area contributed by atoms with Crippen LogP contribution < -0.4 is 4.72 Å². The van der Waals surface area contributed by atoms with E-state index in [0.717, 1.165) is 0 Å². The highest BCUT2D eigenvalue weighted by atomic mass is 32.2. The molecule has 0 radical (unpaired) electrons. The van der Waals surface area contributed by atoms with Gasteiger partial charge in [-0.05, 0) is 32.0 Å². The van der Waals surface area contributed by atoms with Crippen LogP contribution in [-0.2, 0) is 10.0 Å². The molecule has 2 N–H and O–H groups in total. The molecule has 92 valence electrons. The van der Waals surface area contributed by atoms with Gasteiger partial charge in [0.1, 0.15) is 0 Å². The van der Waals surface area contributed by atoms with Crippen LogP contribution in [-0.4, -0.2) is 25.7 Å². The Labute approximate surface area is 101 Å². The smallest absolute Gasteiger partial charge is 0.240 e. The fraction of sp³-hybridized carbons (Fsp3) is 0.364. The van der Waals surface area contributed by atoms with Crippen LogP contribution >= 0.6 is 0 Å². The molecule has 5 nitrogen and oxygen atoms in total. The number of rotatable bonds is 4. The maximum Gasteiger partial charge on any atom is 0.240 e. The van der Waals surface area contributed by atoms with Crippen molar-refractivity contribution in [2.75, 3.05) is 6.54 Å². The van der Waals surface area contributed by atoms with Crippen LogP contribution in [0.4, 0.5) is 0 Å². The van der Waals surface area contributed by atoms with E-state index in [2.05, 4.69) is 4.72 Å². The van der Waals surface area contributed by atoms with E-state index in [1.807, 2.05) is 6.07 Å². The molecule has 0 unspecified atom stereocenters. The first kappa shape index (κ1) is 13.6. The van der Waals surface area contributed by atoms with Gasteiger partial charge in [-0.1, -0.05) is 6.07 Å². The van der Waals surface area contributed by atoms with Crippen LogP contribution in [0, 0.1) is 11.3 Å². The van der Waals surface area contributed by atoms with Crippen LogP contribution in [0.1, 0.15) is 19.4 Å². The van der Waals surface area contributed by atoms with Crippen molar-refractivity contribution in [1.82, 2.24) is 4.72 Å². The molecule has 1 aromatic rings. The van der Waals surface area contributed by atoms with Gasteiger partial charge >= 0.3 is 0 Å². The van der Waals surface area contributed by atoms with Gasteiger partial charge in [0.25, 0.3) is 0 Å². The summed E-state index contributed by atoms with van der Waals surface area (Å²) < 4.78 is 25.9. The molecule has 0 spiro atoms. The van der Waals surface area contributed by atoms with Crippen LogP contribution in [0.5, 0.6) is 0 Å². The Morgan fingerprint density at radius 1 is 1.47 bits per heavy atom. The van der Waals surface area contributed by atoms with Crippen LogP contribution in [0.3, 0.4) is 0 Å². The quantitative estimate of drug-likeness (QED) is 0.823. The molecule has 17 heavy (non-hydrogen) atoms. The van der Waals surface area contributed by atoms with Gasteiger partial charge in [-0.15, -0.1) is 0 Å². The summed E-state index contributed by atoms with van der Waals surface area (Å²) in [6.45, 7) is 2.91. The second kappa shape index (κ2) is 4.84. The van der Waals surface area contributed by atoms with Gasteiger partial charge in [-0.3, -0.25) is 0 Å². The summed E-state index contributed by atoms with van der Waals surface area (Å²) >= 11 is 0. The lowest BCUT2D eigenvalue weighted by atomic mass is 10.1. The van der Waals surface area contributed by atoms with Crippen LogP contribution in [0.15, 0.2) is 29.2 Å². The lowest BCUT2D eigenvalue weighted by Crippen LogP contribution is -2.38. The molecule has 0 heterocycles. The minimum absolute atomic E-state index is 0.0146. The zero-order valence-corrected chi connectivity index (χ0v) is 10.5. The topological polar surface area (TPSA) is 90.2 Å². The molecule has 0 saturated carbocycles. The van der Waals surface area contributed by atoms with E-state index in [1.54, 1.807) is 0 Å². The highest BCUT2D eigenvalue weighted by Gasteiger charge is 2.19. The first-order valence-electron chi connectivity index (χ1n) is 4.97. The maximum atomic E-state index is 11.8. The second-order valence-electron chi connectivity index (χ2n) is 4.28. The van der Waals surface area contributed by atoms with Crippen LogP contribution in [0.2, 0.25) is 0 Å². The summed E-state index contributed by atoms with van der Waals surface area (Å²) in [7, 11) is -3.69. The Bertz CT molecular complexity index is 539. The zero-order chi connectivity index (χ0) is 13.1.